The summed E-state index contributed by atoms with van der Waals surface area (Å²) < 4.78 is 5.00. The molecule has 0 aliphatic heterocycles. The Balaban J connectivity index is 1.66. The van der Waals surface area contributed by atoms with Crippen LogP contribution in [0.15, 0.2) is 76.1 Å². The summed E-state index contributed by atoms with van der Waals surface area (Å²) in [7, 11) is 0. The summed E-state index contributed by atoms with van der Waals surface area (Å²) in [4.78, 5) is 11.3. The fourth-order valence-corrected chi connectivity index (χ4v) is 2.37. The van der Waals surface area contributed by atoms with Crippen LogP contribution >= 0.6 is 0 Å². The van der Waals surface area contributed by atoms with E-state index >= 15 is 0 Å². The first kappa shape index (κ1) is 16.0. The zero-order valence-corrected chi connectivity index (χ0v) is 12.8. The van der Waals surface area contributed by atoms with E-state index in [0.717, 1.165) is 29.0 Å². The van der Waals surface area contributed by atoms with Gasteiger partial charge in [0.05, 0.1) is 6.26 Å². The van der Waals surface area contributed by atoms with Crippen molar-refractivity contribution in [1.82, 2.24) is 5.32 Å². The summed E-state index contributed by atoms with van der Waals surface area (Å²) in [5.74, 6) is -0.777. The molecule has 3 rings (SSSR count). The van der Waals surface area contributed by atoms with Gasteiger partial charge < -0.3 is 14.6 Å². The van der Waals surface area contributed by atoms with E-state index < -0.39 is 17.4 Å². The monoisotopic (exact) mass is 323 g/mol. The van der Waals surface area contributed by atoms with Gasteiger partial charge in [0.2, 0.25) is 11.2 Å². The number of nitrogens with one attached hydrogen (secondary N) is 1. The van der Waals surface area contributed by atoms with Gasteiger partial charge in [-0.1, -0.05) is 54.6 Å². The Hall–Kier alpha value is -2.89. The Morgan fingerprint density at radius 2 is 1.62 bits per heavy atom. The second kappa shape index (κ2) is 7.12. The molecule has 2 aromatic carbocycles. The molecule has 1 heterocycles. The number of rotatable bonds is 5. The number of aliphatic hydroxyl groups is 1. The van der Waals surface area contributed by atoms with Crippen LogP contribution in [0.25, 0.3) is 11.1 Å². The second-order valence-electron chi connectivity index (χ2n) is 5.34. The Kier molecular flexibility index (Phi) is 4.74. The summed E-state index contributed by atoms with van der Waals surface area (Å²) in [6.07, 6.45) is -0.135. The predicted octanol–water partition coefficient (Wildman–Crippen LogP) is 2.79. The van der Waals surface area contributed by atoms with Crippen molar-refractivity contribution >= 4 is 0 Å². The van der Waals surface area contributed by atoms with Gasteiger partial charge in [0.25, 0.3) is 0 Å². The van der Waals surface area contributed by atoms with Gasteiger partial charge in [-0.25, -0.2) is 0 Å². The highest BCUT2D eigenvalue weighted by atomic mass is 16.4. The van der Waals surface area contributed by atoms with Crippen LogP contribution < -0.4 is 10.7 Å². The first-order valence-electron chi connectivity index (χ1n) is 7.51. The van der Waals surface area contributed by atoms with E-state index in [2.05, 4.69) is 5.32 Å². The molecule has 5 heteroatoms. The lowest BCUT2D eigenvalue weighted by Gasteiger charge is -2.13. The average molecular weight is 323 g/mol. The van der Waals surface area contributed by atoms with E-state index in [9.17, 15) is 15.0 Å². The lowest BCUT2D eigenvalue weighted by molar-refractivity contribution is 0.105. The minimum Gasteiger partial charge on any atom is -0.502 e. The number of aromatic hydroxyl groups is 1. The number of hydrogen-bond acceptors (Lipinski definition) is 5. The highest BCUT2D eigenvalue weighted by molar-refractivity contribution is 5.63. The topological polar surface area (TPSA) is 82.7 Å². The van der Waals surface area contributed by atoms with Crippen molar-refractivity contribution in [1.29, 1.82) is 0 Å². The zero-order valence-electron chi connectivity index (χ0n) is 12.8. The van der Waals surface area contributed by atoms with Gasteiger partial charge in [0.15, 0.2) is 12.0 Å². The maximum absolute atomic E-state index is 11.3. The molecule has 0 amide bonds. The van der Waals surface area contributed by atoms with Gasteiger partial charge in [0.1, 0.15) is 0 Å². The summed E-state index contributed by atoms with van der Waals surface area (Å²) in [6.45, 7) is 0.355. The molecule has 0 saturated heterocycles. The minimum atomic E-state index is -1.27. The van der Waals surface area contributed by atoms with E-state index in [0.29, 0.717) is 6.54 Å². The van der Waals surface area contributed by atoms with Gasteiger partial charge >= 0.3 is 0 Å². The SMILES string of the molecule is O=c1ccoc(C(O)NCc2ccc(-c3ccccc3)cc2)c1O. The number of aliphatic hydroxyl groups excluding tert-OH is 1. The summed E-state index contributed by atoms with van der Waals surface area (Å²) in [5.41, 5.74) is 2.59. The van der Waals surface area contributed by atoms with Crippen molar-refractivity contribution in [2.24, 2.45) is 0 Å². The molecule has 1 aromatic heterocycles. The molecule has 0 radical (unpaired) electrons. The highest BCUT2D eigenvalue weighted by Gasteiger charge is 2.16. The van der Waals surface area contributed by atoms with Gasteiger partial charge in [-0.05, 0) is 16.7 Å². The standard InChI is InChI=1S/C19H17NO4/c21-16-10-11-24-18(17(16)22)19(23)20-12-13-6-8-15(9-7-13)14-4-2-1-3-5-14/h1-11,19-20,22-23H,12H2. The van der Waals surface area contributed by atoms with Crippen LogP contribution in [0.4, 0.5) is 0 Å². The highest BCUT2D eigenvalue weighted by Crippen LogP contribution is 2.21. The molecule has 1 atom stereocenters. The van der Waals surface area contributed by atoms with Crippen LogP contribution in [0.1, 0.15) is 17.6 Å². The average Bonchev–Trinajstić information content (AvgIpc) is 2.63. The van der Waals surface area contributed by atoms with Crippen molar-refractivity contribution < 1.29 is 14.6 Å². The lowest BCUT2D eigenvalue weighted by atomic mass is 10.0. The van der Waals surface area contributed by atoms with Gasteiger partial charge in [0, 0.05) is 12.6 Å². The van der Waals surface area contributed by atoms with Crippen molar-refractivity contribution in [2.45, 2.75) is 12.8 Å². The lowest BCUT2D eigenvalue weighted by Crippen LogP contribution is -2.21. The van der Waals surface area contributed by atoms with Gasteiger partial charge in [-0.2, -0.15) is 0 Å². The molecule has 5 nitrogen and oxygen atoms in total. The molecule has 0 aliphatic rings. The van der Waals surface area contributed by atoms with Crippen molar-refractivity contribution in [3.63, 3.8) is 0 Å². The normalized spacial score (nSPS) is 12.0. The minimum absolute atomic E-state index is 0.191. The molecule has 0 saturated carbocycles. The van der Waals surface area contributed by atoms with Crippen LogP contribution in [0.3, 0.4) is 0 Å². The molecular weight excluding hydrogens is 306 g/mol. The zero-order chi connectivity index (χ0) is 16.9. The molecule has 3 aromatic rings. The van der Waals surface area contributed by atoms with Crippen LogP contribution in [0, 0.1) is 0 Å². The fraction of sp³-hybridized carbons (Fsp3) is 0.105. The number of hydrogen-bond donors (Lipinski definition) is 3. The van der Waals surface area contributed by atoms with E-state index in [1.807, 2.05) is 54.6 Å². The molecule has 0 bridgehead atoms. The molecule has 1 unspecified atom stereocenters. The fourth-order valence-electron chi connectivity index (χ4n) is 2.37. The Morgan fingerprint density at radius 1 is 0.958 bits per heavy atom. The van der Waals surface area contributed by atoms with Crippen molar-refractivity contribution in [2.75, 3.05) is 0 Å². The van der Waals surface area contributed by atoms with Crippen LogP contribution in [-0.2, 0) is 6.54 Å². The van der Waals surface area contributed by atoms with Crippen LogP contribution in [-0.4, -0.2) is 10.2 Å². The van der Waals surface area contributed by atoms with E-state index in [-0.39, 0.29) is 5.76 Å². The van der Waals surface area contributed by atoms with E-state index in [1.54, 1.807) is 0 Å². The van der Waals surface area contributed by atoms with Crippen molar-refractivity contribution in [3.05, 3.63) is 88.5 Å². The van der Waals surface area contributed by atoms with E-state index in [4.69, 9.17) is 4.42 Å². The molecule has 0 aliphatic carbocycles. The third kappa shape index (κ3) is 3.53. The maximum atomic E-state index is 11.3. The molecule has 3 N–H and O–H groups in total. The summed E-state index contributed by atoms with van der Waals surface area (Å²) in [6, 6.07) is 19.0. The second-order valence-corrected chi connectivity index (χ2v) is 5.34. The summed E-state index contributed by atoms with van der Waals surface area (Å²) in [5, 5.41) is 22.4. The first-order valence-corrected chi connectivity index (χ1v) is 7.51. The molecule has 24 heavy (non-hydrogen) atoms. The smallest absolute Gasteiger partial charge is 0.226 e. The molecule has 0 spiro atoms. The number of benzene rings is 2. The van der Waals surface area contributed by atoms with Gasteiger partial charge in [-0.3, -0.25) is 10.1 Å². The Morgan fingerprint density at radius 3 is 2.33 bits per heavy atom. The maximum Gasteiger partial charge on any atom is 0.226 e. The van der Waals surface area contributed by atoms with Crippen molar-refractivity contribution in [3.8, 4) is 16.9 Å². The summed E-state index contributed by atoms with van der Waals surface area (Å²) >= 11 is 0. The predicted molar refractivity (Wildman–Crippen MR) is 90.3 cm³/mol. The van der Waals surface area contributed by atoms with Crippen LogP contribution in [0.2, 0.25) is 0 Å². The molecule has 0 fully saturated rings. The first-order chi connectivity index (χ1) is 11.6. The third-order valence-electron chi connectivity index (χ3n) is 3.69. The largest absolute Gasteiger partial charge is 0.502 e. The Bertz CT molecular complexity index is 857. The van der Waals surface area contributed by atoms with E-state index in [1.165, 1.54) is 0 Å². The quantitative estimate of drug-likeness (QED) is 0.629. The molecule has 122 valence electrons. The van der Waals surface area contributed by atoms with Gasteiger partial charge in [-0.15, -0.1) is 0 Å². The van der Waals surface area contributed by atoms with Crippen LogP contribution in [0.5, 0.6) is 5.75 Å². The Labute approximate surface area is 138 Å². The third-order valence-corrected chi connectivity index (χ3v) is 3.69. The molecular formula is C19H17NO4.